The van der Waals surface area contributed by atoms with Crippen molar-refractivity contribution in [3.63, 3.8) is 0 Å². The molecule has 2 heteroatoms. The maximum absolute atomic E-state index is 5.78. The van der Waals surface area contributed by atoms with E-state index >= 15 is 0 Å². The lowest BCUT2D eigenvalue weighted by atomic mass is 9.96. The van der Waals surface area contributed by atoms with E-state index < -0.39 is 0 Å². The van der Waals surface area contributed by atoms with Crippen LogP contribution in [0.5, 0.6) is 0 Å². The minimum absolute atomic E-state index is 0.0157. The molecule has 0 radical (unpaired) electrons. The van der Waals surface area contributed by atoms with Crippen molar-refractivity contribution in [1.29, 1.82) is 0 Å². The van der Waals surface area contributed by atoms with Crippen LogP contribution >= 0.6 is 0 Å². The molecule has 86 valence electrons. The van der Waals surface area contributed by atoms with Gasteiger partial charge in [0, 0.05) is 12.8 Å². The van der Waals surface area contributed by atoms with Crippen molar-refractivity contribution in [2.24, 2.45) is 4.99 Å². The van der Waals surface area contributed by atoms with Crippen LogP contribution in [0.15, 0.2) is 35.3 Å². The van der Waals surface area contributed by atoms with Crippen molar-refractivity contribution in [3.05, 3.63) is 35.9 Å². The highest BCUT2D eigenvalue weighted by molar-refractivity contribution is 5.79. The van der Waals surface area contributed by atoms with Gasteiger partial charge in [0.25, 0.3) is 0 Å². The second-order valence-corrected chi connectivity index (χ2v) is 5.11. The van der Waals surface area contributed by atoms with Crippen LogP contribution in [0.2, 0.25) is 0 Å². The zero-order valence-corrected chi connectivity index (χ0v) is 10.2. The molecule has 0 saturated heterocycles. The van der Waals surface area contributed by atoms with E-state index in [2.05, 4.69) is 37.9 Å². The van der Waals surface area contributed by atoms with Crippen molar-refractivity contribution in [2.45, 2.75) is 45.3 Å². The molecule has 2 nitrogen and oxygen atoms in total. The second kappa shape index (κ2) is 4.28. The summed E-state index contributed by atoms with van der Waals surface area (Å²) in [5, 5.41) is 0. The van der Waals surface area contributed by atoms with Crippen LogP contribution in [-0.2, 0) is 11.2 Å². The van der Waals surface area contributed by atoms with Gasteiger partial charge in [0.15, 0.2) is 5.90 Å². The molecule has 0 spiro atoms. The summed E-state index contributed by atoms with van der Waals surface area (Å²) < 4.78 is 5.78. The number of ether oxygens (including phenoxy) is 1. The summed E-state index contributed by atoms with van der Waals surface area (Å²) >= 11 is 0. The van der Waals surface area contributed by atoms with Gasteiger partial charge in [-0.15, -0.1) is 0 Å². The summed E-state index contributed by atoms with van der Waals surface area (Å²) in [6, 6.07) is 10.3. The Hall–Kier alpha value is -1.31. The fourth-order valence-electron chi connectivity index (χ4n) is 2.24. The largest absolute Gasteiger partial charge is 0.478 e. The predicted molar refractivity (Wildman–Crippen MR) is 66.8 cm³/mol. The van der Waals surface area contributed by atoms with Crippen molar-refractivity contribution < 1.29 is 4.74 Å². The van der Waals surface area contributed by atoms with E-state index in [9.17, 15) is 0 Å². The standard InChI is InChI=1S/C14H19NO/c1-11-10-14(2,3)15-13(16-11)9-12-7-5-4-6-8-12/h4-8,11H,9-10H2,1-3H3. The second-order valence-electron chi connectivity index (χ2n) is 5.11. The average molecular weight is 217 g/mol. The van der Waals surface area contributed by atoms with Gasteiger partial charge in [-0.3, -0.25) is 0 Å². The van der Waals surface area contributed by atoms with Crippen LogP contribution in [0, 0.1) is 0 Å². The SMILES string of the molecule is CC1CC(C)(C)N=C(Cc2ccccc2)O1. The Morgan fingerprint density at radius 2 is 2.00 bits per heavy atom. The monoisotopic (exact) mass is 217 g/mol. The van der Waals surface area contributed by atoms with E-state index in [1.165, 1.54) is 5.56 Å². The Morgan fingerprint density at radius 3 is 2.62 bits per heavy atom. The molecule has 1 aromatic carbocycles. The molecule has 1 aromatic rings. The molecule has 0 amide bonds. The molecule has 0 aromatic heterocycles. The Labute approximate surface area is 97.4 Å². The normalized spacial score (nSPS) is 23.4. The molecule has 1 atom stereocenters. The maximum atomic E-state index is 5.78. The minimum Gasteiger partial charge on any atom is -0.478 e. The first kappa shape index (κ1) is 11.2. The molecular weight excluding hydrogens is 198 g/mol. The van der Waals surface area contributed by atoms with E-state index in [4.69, 9.17) is 4.74 Å². The fourth-order valence-corrected chi connectivity index (χ4v) is 2.24. The van der Waals surface area contributed by atoms with E-state index in [1.54, 1.807) is 0 Å². The van der Waals surface area contributed by atoms with E-state index in [-0.39, 0.29) is 11.6 Å². The van der Waals surface area contributed by atoms with Crippen molar-refractivity contribution in [3.8, 4) is 0 Å². The van der Waals surface area contributed by atoms with Crippen LogP contribution in [0.4, 0.5) is 0 Å². The Morgan fingerprint density at radius 1 is 1.31 bits per heavy atom. The smallest absolute Gasteiger partial charge is 0.188 e. The molecule has 1 heterocycles. The first-order valence-electron chi connectivity index (χ1n) is 5.84. The zero-order valence-electron chi connectivity index (χ0n) is 10.2. The summed E-state index contributed by atoms with van der Waals surface area (Å²) in [6.07, 6.45) is 2.06. The van der Waals surface area contributed by atoms with E-state index in [0.29, 0.717) is 0 Å². The molecule has 0 bridgehead atoms. The molecule has 0 N–H and O–H groups in total. The molecule has 1 unspecified atom stereocenters. The van der Waals surface area contributed by atoms with Gasteiger partial charge in [0.1, 0.15) is 0 Å². The molecule has 2 rings (SSSR count). The van der Waals surface area contributed by atoms with Gasteiger partial charge in [-0.1, -0.05) is 30.3 Å². The highest BCUT2D eigenvalue weighted by Crippen LogP contribution is 2.24. The third-order valence-corrected chi connectivity index (χ3v) is 2.75. The number of hydrogen-bond donors (Lipinski definition) is 0. The van der Waals surface area contributed by atoms with Gasteiger partial charge in [-0.25, -0.2) is 4.99 Å². The van der Waals surface area contributed by atoms with Crippen LogP contribution in [0.3, 0.4) is 0 Å². The predicted octanol–water partition coefficient (Wildman–Crippen LogP) is 3.22. The van der Waals surface area contributed by atoms with Crippen molar-refractivity contribution in [1.82, 2.24) is 0 Å². The highest BCUT2D eigenvalue weighted by Gasteiger charge is 2.27. The quantitative estimate of drug-likeness (QED) is 0.745. The summed E-state index contributed by atoms with van der Waals surface area (Å²) in [7, 11) is 0. The van der Waals surface area contributed by atoms with Gasteiger partial charge in [-0.05, 0) is 26.3 Å². The van der Waals surface area contributed by atoms with Gasteiger partial charge in [0.05, 0.1) is 11.6 Å². The third kappa shape index (κ3) is 2.84. The molecule has 0 aliphatic carbocycles. The lowest BCUT2D eigenvalue weighted by molar-refractivity contribution is 0.141. The summed E-state index contributed by atoms with van der Waals surface area (Å²) in [5.41, 5.74) is 1.27. The van der Waals surface area contributed by atoms with Crippen molar-refractivity contribution in [2.75, 3.05) is 0 Å². The van der Waals surface area contributed by atoms with Crippen LogP contribution in [0.1, 0.15) is 32.8 Å². The summed E-state index contributed by atoms with van der Waals surface area (Å²) in [4.78, 5) is 4.65. The Kier molecular flexibility index (Phi) is 2.99. The van der Waals surface area contributed by atoms with Crippen LogP contribution < -0.4 is 0 Å². The number of benzene rings is 1. The average Bonchev–Trinajstić information content (AvgIpc) is 2.15. The lowest BCUT2D eigenvalue weighted by Gasteiger charge is -2.31. The highest BCUT2D eigenvalue weighted by atomic mass is 16.5. The molecule has 1 aliphatic heterocycles. The molecule has 0 fully saturated rings. The maximum Gasteiger partial charge on any atom is 0.188 e. The Bertz CT molecular complexity index is 381. The zero-order chi connectivity index (χ0) is 11.6. The number of aliphatic imine (C=N–C) groups is 1. The number of nitrogens with zero attached hydrogens (tertiary/aromatic N) is 1. The number of rotatable bonds is 2. The minimum atomic E-state index is 0.0157. The third-order valence-electron chi connectivity index (χ3n) is 2.75. The van der Waals surface area contributed by atoms with Crippen LogP contribution in [-0.4, -0.2) is 17.5 Å². The van der Waals surface area contributed by atoms with E-state index in [0.717, 1.165) is 18.7 Å². The Balaban J connectivity index is 2.13. The van der Waals surface area contributed by atoms with Crippen LogP contribution in [0.25, 0.3) is 0 Å². The fraction of sp³-hybridized carbons (Fsp3) is 0.500. The van der Waals surface area contributed by atoms with Crippen molar-refractivity contribution >= 4 is 5.90 Å². The number of hydrogen-bond acceptors (Lipinski definition) is 2. The summed E-state index contributed by atoms with van der Waals surface area (Å²) in [5.74, 6) is 0.870. The first-order chi connectivity index (χ1) is 7.55. The topological polar surface area (TPSA) is 21.6 Å². The van der Waals surface area contributed by atoms with Gasteiger partial charge >= 0.3 is 0 Å². The van der Waals surface area contributed by atoms with E-state index in [1.807, 2.05) is 18.2 Å². The summed E-state index contributed by atoms with van der Waals surface area (Å²) in [6.45, 7) is 6.44. The molecular formula is C14H19NO. The van der Waals surface area contributed by atoms with Gasteiger partial charge < -0.3 is 4.74 Å². The molecule has 0 saturated carbocycles. The molecule has 1 aliphatic rings. The lowest BCUT2D eigenvalue weighted by Crippen LogP contribution is -2.34. The molecule has 16 heavy (non-hydrogen) atoms. The van der Waals surface area contributed by atoms with Gasteiger partial charge in [0.2, 0.25) is 0 Å². The van der Waals surface area contributed by atoms with Gasteiger partial charge in [-0.2, -0.15) is 0 Å². The first-order valence-corrected chi connectivity index (χ1v) is 5.84.